The Morgan fingerprint density at radius 1 is 1.19 bits per heavy atom. The van der Waals surface area contributed by atoms with E-state index in [2.05, 4.69) is 53.3 Å². The smallest absolute Gasteiger partial charge is 0.127 e. The monoisotopic (exact) mass is 349 g/mol. The lowest BCUT2D eigenvalue weighted by atomic mass is 9.89. The van der Waals surface area contributed by atoms with Gasteiger partial charge < -0.3 is 5.32 Å². The fourth-order valence-corrected chi connectivity index (χ4v) is 2.94. The minimum absolute atomic E-state index is 0.139. The van der Waals surface area contributed by atoms with Crippen LogP contribution in [0.1, 0.15) is 29.5 Å². The van der Waals surface area contributed by atoms with Gasteiger partial charge in [0.05, 0.1) is 0 Å². The average molecular weight is 350 g/mol. The lowest BCUT2D eigenvalue weighted by Gasteiger charge is -2.20. The summed E-state index contributed by atoms with van der Waals surface area (Å²) in [5, 5.41) is 3.39. The van der Waals surface area contributed by atoms with E-state index in [1.807, 2.05) is 18.2 Å². The van der Waals surface area contributed by atoms with Crippen molar-refractivity contribution in [3.8, 4) is 0 Å². The van der Waals surface area contributed by atoms with Gasteiger partial charge in [0.25, 0.3) is 0 Å². The molecular weight excluding hydrogens is 329 g/mol. The highest BCUT2D eigenvalue weighted by Crippen LogP contribution is 2.26. The van der Waals surface area contributed by atoms with Crippen molar-refractivity contribution in [1.82, 2.24) is 5.32 Å². The van der Waals surface area contributed by atoms with Gasteiger partial charge in [-0.05, 0) is 48.7 Å². The number of hydrogen-bond acceptors (Lipinski definition) is 1. The van der Waals surface area contributed by atoms with E-state index in [-0.39, 0.29) is 11.7 Å². The lowest BCUT2D eigenvalue weighted by molar-refractivity contribution is 0.560. The van der Waals surface area contributed by atoms with Gasteiger partial charge >= 0.3 is 0 Å². The molecule has 1 N–H and O–H groups in total. The number of halogens is 2. The van der Waals surface area contributed by atoms with E-state index in [9.17, 15) is 4.39 Å². The molecule has 2 aromatic rings. The number of aryl methyl sites for hydroxylation is 1. The first-order valence-electron chi connectivity index (χ1n) is 7.32. The van der Waals surface area contributed by atoms with Crippen LogP contribution in [0.5, 0.6) is 0 Å². The molecular formula is C18H21BrFN. The summed E-state index contributed by atoms with van der Waals surface area (Å²) in [6.07, 6.45) is 0.705. The van der Waals surface area contributed by atoms with Crippen LogP contribution in [-0.4, -0.2) is 13.1 Å². The summed E-state index contributed by atoms with van der Waals surface area (Å²) in [5.74, 6) is 0.140. The molecule has 0 bridgehead atoms. The molecule has 112 valence electrons. The first kappa shape index (κ1) is 16.2. The van der Waals surface area contributed by atoms with Crippen LogP contribution in [0, 0.1) is 12.7 Å². The topological polar surface area (TPSA) is 12.0 Å². The number of benzene rings is 2. The van der Waals surface area contributed by atoms with Crippen molar-refractivity contribution >= 4 is 15.9 Å². The lowest BCUT2D eigenvalue weighted by Crippen LogP contribution is -2.23. The van der Waals surface area contributed by atoms with Crippen molar-refractivity contribution in [2.45, 2.75) is 26.2 Å². The number of hydrogen-bond donors (Lipinski definition) is 1. The Balaban J connectivity index is 2.26. The summed E-state index contributed by atoms with van der Waals surface area (Å²) in [4.78, 5) is 0. The van der Waals surface area contributed by atoms with Crippen LogP contribution >= 0.6 is 15.9 Å². The van der Waals surface area contributed by atoms with Crippen molar-refractivity contribution in [3.63, 3.8) is 0 Å². The molecule has 0 saturated carbocycles. The normalized spacial score (nSPS) is 12.4. The van der Waals surface area contributed by atoms with Crippen LogP contribution in [0.15, 0.2) is 46.9 Å². The Labute approximate surface area is 134 Å². The first-order chi connectivity index (χ1) is 10.1. The van der Waals surface area contributed by atoms with E-state index >= 15 is 0 Å². The predicted molar refractivity (Wildman–Crippen MR) is 90.3 cm³/mol. The third-order valence-electron chi connectivity index (χ3n) is 3.75. The zero-order valence-electron chi connectivity index (χ0n) is 12.5. The highest BCUT2D eigenvalue weighted by Gasteiger charge is 2.16. The molecule has 1 nitrogen and oxygen atoms in total. The van der Waals surface area contributed by atoms with Crippen molar-refractivity contribution in [3.05, 3.63) is 69.4 Å². The van der Waals surface area contributed by atoms with Gasteiger partial charge in [0, 0.05) is 16.9 Å². The Morgan fingerprint density at radius 2 is 1.95 bits per heavy atom. The van der Waals surface area contributed by atoms with E-state index in [0.29, 0.717) is 6.42 Å². The van der Waals surface area contributed by atoms with E-state index in [1.54, 1.807) is 0 Å². The largest absolute Gasteiger partial charge is 0.316 e. The minimum atomic E-state index is -0.139. The Hall–Kier alpha value is -1.19. The van der Waals surface area contributed by atoms with Crippen LogP contribution in [-0.2, 0) is 6.42 Å². The molecule has 21 heavy (non-hydrogen) atoms. The van der Waals surface area contributed by atoms with Gasteiger partial charge in [0.15, 0.2) is 0 Å². The zero-order chi connectivity index (χ0) is 15.2. The second kappa shape index (κ2) is 7.71. The standard InChI is InChI=1S/C18H21BrFN/c1-3-21-12-15(17-7-5-4-6-13(17)2)10-14-8-9-16(19)11-18(14)20/h4-9,11,15,21H,3,10,12H2,1-2H3. The summed E-state index contributed by atoms with van der Waals surface area (Å²) < 4.78 is 14.9. The highest BCUT2D eigenvalue weighted by atomic mass is 79.9. The summed E-state index contributed by atoms with van der Waals surface area (Å²) in [7, 11) is 0. The molecule has 0 fully saturated rings. The number of likely N-dealkylation sites (N-methyl/N-ethyl adjacent to an activating group) is 1. The fraction of sp³-hybridized carbons (Fsp3) is 0.333. The van der Waals surface area contributed by atoms with Crippen LogP contribution in [0.3, 0.4) is 0 Å². The molecule has 2 rings (SSSR count). The molecule has 0 saturated heterocycles. The van der Waals surface area contributed by atoms with Crippen molar-refractivity contribution < 1.29 is 4.39 Å². The minimum Gasteiger partial charge on any atom is -0.316 e. The van der Waals surface area contributed by atoms with Gasteiger partial charge in [0.1, 0.15) is 5.82 Å². The van der Waals surface area contributed by atoms with E-state index in [1.165, 1.54) is 17.2 Å². The summed E-state index contributed by atoms with van der Waals surface area (Å²) >= 11 is 3.31. The Morgan fingerprint density at radius 3 is 2.62 bits per heavy atom. The molecule has 0 aromatic heterocycles. The summed E-state index contributed by atoms with van der Waals surface area (Å²) in [6, 6.07) is 13.7. The molecule has 0 radical (unpaired) electrons. The van der Waals surface area contributed by atoms with Gasteiger partial charge in [0.2, 0.25) is 0 Å². The third-order valence-corrected chi connectivity index (χ3v) is 4.24. The van der Waals surface area contributed by atoms with Crippen LogP contribution in [0.25, 0.3) is 0 Å². The third kappa shape index (κ3) is 4.39. The van der Waals surface area contributed by atoms with Crippen LogP contribution in [0.4, 0.5) is 4.39 Å². The maximum Gasteiger partial charge on any atom is 0.127 e. The van der Waals surface area contributed by atoms with Gasteiger partial charge in [-0.2, -0.15) is 0 Å². The molecule has 1 unspecified atom stereocenters. The molecule has 0 heterocycles. The van der Waals surface area contributed by atoms with E-state index < -0.39 is 0 Å². The molecule has 0 amide bonds. The Bertz CT molecular complexity index is 598. The maximum absolute atomic E-state index is 14.1. The molecule has 3 heteroatoms. The first-order valence-corrected chi connectivity index (χ1v) is 8.11. The predicted octanol–water partition coefficient (Wildman–Crippen LogP) is 4.83. The van der Waals surface area contributed by atoms with Crippen LogP contribution < -0.4 is 5.32 Å². The van der Waals surface area contributed by atoms with Crippen molar-refractivity contribution in [2.24, 2.45) is 0 Å². The molecule has 2 aromatic carbocycles. The van der Waals surface area contributed by atoms with Gasteiger partial charge in [-0.25, -0.2) is 4.39 Å². The highest BCUT2D eigenvalue weighted by molar-refractivity contribution is 9.10. The second-order valence-electron chi connectivity index (χ2n) is 5.30. The number of rotatable bonds is 6. The van der Waals surface area contributed by atoms with Crippen molar-refractivity contribution in [2.75, 3.05) is 13.1 Å². The molecule has 0 aliphatic carbocycles. The number of nitrogens with one attached hydrogen (secondary N) is 1. The van der Waals surface area contributed by atoms with Crippen LogP contribution in [0.2, 0.25) is 0 Å². The SMILES string of the molecule is CCNCC(Cc1ccc(Br)cc1F)c1ccccc1C. The fourth-order valence-electron chi connectivity index (χ4n) is 2.61. The molecule has 1 atom stereocenters. The molecule has 0 spiro atoms. The van der Waals surface area contributed by atoms with Gasteiger partial charge in [-0.15, -0.1) is 0 Å². The zero-order valence-corrected chi connectivity index (χ0v) is 14.1. The van der Waals surface area contributed by atoms with Crippen molar-refractivity contribution in [1.29, 1.82) is 0 Å². The van der Waals surface area contributed by atoms with E-state index in [0.717, 1.165) is 23.1 Å². The summed E-state index contributed by atoms with van der Waals surface area (Å²) in [6.45, 7) is 5.99. The molecule has 0 aliphatic heterocycles. The van der Waals surface area contributed by atoms with E-state index in [4.69, 9.17) is 0 Å². The Kier molecular flexibility index (Phi) is 5.95. The summed E-state index contributed by atoms with van der Waals surface area (Å²) in [5.41, 5.74) is 3.32. The van der Waals surface area contributed by atoms with Gasteiger partial charge in [-0.3, -0.25) is 0 Å². The second-order valence-corrected chi connectivity index (χ2v) is 6.22. The average Bonchev–Trinajstić information content (AvgIpc) is 2.46. The maximum atomic E-state index is 14.1. The quantitative estimate of drug-likeness (QED) is 0.787. The molecule has 0 aliphatic rings. The van der Waals surface area contributed by atoms with Gasteiger partial charge in [-0.1, -0.05) is 53.2 Å².